The highest BCUT2D eigenvalue weighted by Gasteiger charge is 2.43. The van der Waals surface area contributed by atoms with E-state index in [-0.39, 0.29) is 23.1 Å². The Morgan fingerprint density at radius 1 is 1.38 bits per heavy atom. The quantitative estimate of drug-likeness (QED) is 0.843. The Labute approximate surface area is 126 Å². The molecule has 2 atom stereocenters. The van der Waals surface area contributed by atoms with Crippen LogP contribution in [0.1, 0.15) is 45.4 Å². The van der Waals surface area contributed by atoms with Gasteiger partial charge < -0.3 is 15.5 Å². The summed E-state index contributed by atoms with van der Waals surface area (Å²) in [6.07, 6.45) is 6.04. The number of amides is 2. The summed E-state index contributed by atoms with van der Waals surface area (Å²) in [7, 11) is 0. The maximum absolute atomic E-state index is 12.7. The van der Waals surface area contributed by atoms with Crippen molar-refractivity contribution in [2.75, 3.05) is 26.2 Å². The monoisotopic (exact) mass is 293 g/mol. The molecular weight excluding hydrogens is 266 g/mol. The average molecular weight is 293 g/mol. The normalized spacial score (nSPS) is 34.2. The summed E-state index contributed by atoms with van der Waals surface area (Å²) in [6.45, 7) is 4.94. The van der Waals surface area contributed by atoms with Crippen molar-refractivity contribution in [1.82, 2.24) is 9.80 Å². The first kappa shape index (κ1) is 14.8. The second-order valence-corrected chi connectivity index (χ2v) is 7.41. The van der Waals surface area contributed by atoms with Gasteiger partial charge in [-0.15, -0.1) is 0 Å². The highest BCUT2D eigenvalue weighted by atomic mass is 16.2. The van der Waals surface area contributed by atoms with E-state index in [9.17, 15) is 9.59 Å². The van der Waals surface area contributed by atoms with Crippen LogP contribution < -0.4 is 5.73 Å². The van der Waals surface area contributed by atoms with Crippen molar-refractivity contribution in [2.24, 2.45) is 17.1 Å². The molecule has 0 bridgehead atoms. The lowest BCUT2D eigenvalue weighted by Crippen LogP contribution is -2.39. The maximum atomic E-state index is 12.7. The zero-order chi connectivity index (χ0) is 15.0. The van der Waals surface area contributed by atoms with Crippen LogP contribution in [0, 0.1) is 11.3 Å². The fourth-order valence-corrected chi connectivity index (χ4v) is 4.10. The van der Waals surface area contributed by atoms with Crippen LogP contribution in [0.4, 0.5) is 0 Å². The van der Waals surface area contributed by atoms with Crippen LogP contribution in [-0.4, -0.2) is 53.8 Å². The molecule has 5 heteroatoms. The van der Waals surface area contributed by atoms with E-state index < -0.39 is 0 Å². The molecule has 1 aliphatic carbocycles. The van der Waals surface area contributed by atoms with Crippen molar-refractivity contribution in [3.8, 4) is 0 Å². The molecule has 3 fully saturated rings. The van der Waals surface area contributed by atoms with Gasteiger partial charge in [0.1, 0.15) is 0 Å². The summed E-state index contributed by atoms with van der Waals surface area (Å²) in [4.78, 5) is 28.8. The number of nitrogens with zero attached hydrogens (tertiary/aromatic N) is 2. The Balaban J connectivity index is 1.60. The minimum absolute atomic E-state index is 0.0589. The highest BCUT2D eigenvalue weighted by Crippen LogP contribution is 2.33. The Hall–Kier alpha value is -1.10. The summed E-state index contributed by atoms with van der Waals surface area (Å²) in [6, 6.07) is 0.392. The topological polar surface area (TPSA) is 66.6 Å². The van der Waals surface area contributed by atoms with Crippen LogP contribution in [0.25, 0.3) is 0 Å². The molecule has 3 aliphatic rings. The summed E-state index contributed by atoms with van der Waals surface area (Å²) >= 11 is 0. The van der Waals surface area contributed by atoms with Crippen LogP contribution in [0.3, 0.4) is 0 Å². The highest BCUT2D eigenvalue weighted by molar-refractivity contribution is 5.89. The van der Waals surface area contributed by atoms with E-state index in [0.29, 0.717) is 25.6 Å². The number of rotatable bonds is 3. The van der Waals surface area contributed by atoms with Gasteiger partial charge in [0.2, 0.25) is 11.8 Å². The van der Waals surface area contributed by atoms with Gasteiger partial charge in [-0.05, 0) is 31.2 Å². The Kier molecular flexibility index (Phi) is 3.95. The van der Waals surface area contributed by atoms with E-state index in [2.05, 4.69) is 6.92 Å². The predicted octanol–water partition coefficient (Wildman–Crippen LogP) is 0.975. The predicted molar refractivity (Wildman–Crippen MR) is 80.4 cm³/mol. The fourth-order valence-electron chi connectivity index (χ4n) is 4.10. The van der Waals surface area contributed by atoms with Crippen molar-refractivity contribution < 1.29 is 9.59 Å². The van der Waals surface area contributed by atoms with Crippen molar-refractivity contribution in [3.63, 3.8) is 0 Å². The van der Waals surface area contributed by atoms with Crippen molar-refractivity contribution in [1.29, 1.82) is 0 Å². The molecule has 118 valence electrons. The average Bonchev–Trinajstić information content (AvgIpc) is 3.17. The van der Waals surface area contributed by atoms with Crippen LogP contribution >= 0.6 is 0 Å². The Morgan fingerprint density at radius 3 is 2.71 bits per heavy atom. The third-order valence-electron chi connectivity index (χ3n) is 5.64. The molecule has 2 N–H and O–H groups in total. The third-order valence-corrected chi connectivity index (χ3v) is 5.64. The first-order chi connectivity index (χ1) is 10.0. The first-order valence-corrected chi connectivity index (χ1v) is 8.31. The SMILES string of the molecule is CC1(CN)CCN(C(=O)C2CC(=O)N(C3CCCC3)C2)C1. The van der Waals surface area contributed by atoms with Crippen LogP contribution in [0.5, 0.6) is 0 Å². The molecule has 0 aromatic heterocycles. The smallest absolute Gasteiger partial charge is 0.228 e. The van der Waals surface area contributed by atoms with Crippen LogP contribution in [0.15, 0.2) is 0 Å². The minimum atomic E-state index is -0.127. The number of nitrogens with two attached hydrogens (primary N) is 1. The molecule has 0 radical (unpaired) electrons. The van der Waals surface area contributed by atoms with Gasteiger partial charge in [0.05, 0.1) is 5.92 Å². The number of carbonyl (C=O) groups excluding carboxylic acids is 2. The molecule has 2 aliphatic heterocycles. The van der Waals surface area contributed by atoms with E-state index in [1.54, 1.807) is 0 Å². The van der Waals surface area contributed by atoms with Gasteiger partial charge >= 0.3 is 0 Å². The zero-order valence-electron chi connectivity index (χ0n) is 13.0. The van der Waals surface area contributed by atoms with Gasteiger partial charge in [-0.25, -0.2) is 0 Å². The van der Waals surface area contributed by atoms with Crippen molar-refractivity contribution in [2.45, 2.75) is 51.5 Å². The number of likely N-dealkylation sites (tertiary alicyclic amines) is 2. The van der Waals surface area contributed by atoms with Gasteiger partial charge in [-0.3, -0.25) is 9.59 Å². The number of hydrogen-bond donors (Lipinski definition) is 1. The molecule has 0 aromatic rings. The van der Waals surface area contributed by atoms with Gasteiger partial charge in [-0.1, -0.05) is 19.8 Å². The first-order valence-electron chi connectivity index (χ1n) is 8.31. The van der Waals surface area contributed by atoms with Crippen molar-refractivity contribution >= 4 is 11.8 Å². The minimum Gasteiger partial charge on any atom is -0.342 e. The van der Waals surface area contributed by atoms with E-state index in [1.807, 2.05) is 9.80 Å². The molecule has 2 saturated heterocycles. The second-order valence-electron chi connectivity index (χ2n) is 7.41. The molecule has 1 saturated carbocycles. The number of hydrogen-bond acceptors (Lipinski definition) is 3. The molecular formula is C16H27N3O2. The Bertz CT molecular complexity index is 433. The molecule has 2 unspecified atom stereocenters. The largest absolute Gasteiger partial charge is 0.342 e. The molecule has 21 heavy (non-hydrogen) atoms. The van der Waals surface area contributed by atoms with Crippen LogP contribution in [0.2, 0.25) is 0 Å². The Morgan fingerprint density at radius 2 is 2.10 bits per heavy atom. The van der Waals surface area contributed by atoms with Gasteiger partial charge in [0, 0.05) is 32.1 Å². The van der Waals surface area contributed by atoms with Gasteiger partial charge in [-0.2, -0.15) is 0 Å². The van der Waals surface area contributed by atoms with Gasteiger partial charge in [0.15, 0.2) is 0 Å². The van der Waals surface area contributed by atoms with Crippen molar-refractivity contribution in [3.05, 3.63) is 0 Å². The summed E-state index contributed by atoms with van der Waals surface area (Å²) in [5, 5.41) is 0. The molecule has 0 spiro atoms. The lowest BCUT2D eigenvalue weighted by atomic mass is 9.90. The van der Waals surface area contributed by atoms with Gasteiger partial charge in [0.25, 0.3) is 0 Å². The summed E-state index contributed by atoms with van der Waals surface area (Å²) < 4.78 is 0. The van der Waals surface area contributed by atoms with E-state index >= 15 is 0 Å². The molecule has 0 aromatic carbocycles. The van der Waals surface area contributed by atoms with E-state index in [1.165, 1.54) is 12.8 Å². The number of carbonyl (C=O) groups is 2. The summed E-state index contributed by atoms with van der Waals surface area (Å²) in [5.74, 6) is 0.222. The molecule has 2 heterocycles. The lowest BCUT2D eigenvalue weighted by molar-refractivity contribution is -0.135. The molecule has 5 nitrogen and oxygen atoms in total. The van der Waals surface area contributed by atoms with Crippen LogP contribution in [-0.2, 0) is 9.59 Å². The summed E-state index contributed by atoms with van der Waals surface area (Å²) in [5.41, 5.74) is 5.87. The van der Waals surface area contributed by atoms with E-state index in [0.717, 1.165) is 32.4 Å². The van der Waals surface area contributed by atoms with E-state index in [4.69, 9.17) is 5.73 Å². The molecule has 3 rings (SSSR count). The second kappa shape index (κ2) is 5.59. The lowest BCUT2D eigenvalue weighted by Gasteiger charge is -2.26. The standard InChI is InChI=1S/C16H27N3O2/c1-16(10-17)6-7-18(11-16)15(21)12-8-14(20)19(9-12)13-4-2-3-5-13/h12-13H,2-11,17H2,1H3. The third kappa shape index (κ3) is 2.80. The molecule has 2 amide bonds. The maximum Gasteiger partial charge on any atom is 0.228 e. The fraction of sp³-hybridized carbons (Fsp3) is 0.875. The zero-order valence-corrected chi connectivity index (χ0v) is 13.0.